The molecular weight excluding hydrogens is 276 g/mol. The molecule has 0 saturated heterocycles. The van der Waals surface area contributed by atoms with Crippen LogP contribution in [0.4, 0.5) is 22.7 Å². The molecule has 2 rings (SSSR count). The van der Waals surface area contributed by atoms with Crippen LogP contribution in [-0.2, 0) is 0 Å². The highest BCUT2D eigenvalue weighted by atomic mass is 16.6. The Hall–Kier alpha value is -3.16. The van der Waals surface area contributed by atoms with E-state index in [1.807, 2.05) is 19.1 Å². The Labute approximate surface area is 119 Å². The van der Waals surface area contributed by atoms with Gasteiger partial charge in [-0.05, 0) is 25.1 Å². The number of hydrogen-bond donors (Lipinski definition) is 0. The maximum Gasteiger partial charge on any atom is 0.303 e. The zero-order valence-corrected chi connectivity index (χ0v) is 11.0. The van der Waals surface area contributed by atoms with Gasteiger partial charge < -0.3 is 0 Å². The van der Waals surface area contributed by atoms with Crippen LogP contribution < -0.4 is 0 Å². The van der Waals surface area contributed by atoms with Gasteiger partial charge in [-0.1, -0.05) is 17.7 Å². The zero-order valence-electron chi connectivity index (χ0n) is 11.0. The summed E-state index contributed by atoms with van der Waals surface area (Å²) in [4.78, 5) is 20.1. The van der Waals surface area contributed by atoms with Crippen LogP contribution in [-0.4, -0.2) is 9.85 Å². The number of nitrogens with zero attached hydrogens (tertiary/aromatic N) is 4. The summed E-state index contributed by atoms with van der Waals surface area (Å²) >= 11 is 0. The lowest BCUT2D eigenvalue weighted by molar-refractivity contribution is -0.393. The predicted octanol–water partition coefficient (Wildman–Crippen LogP) is 4.23. The standard InChI is InChI=1S/C13H10N4O4/c1-9-2-4-10(5-3-9)14-15-12-7-6-11(16(18)19)8-13(12)17(20)21/h2-8H,1H3. The van der Waals surface area contributed by atoms with Crippen LogP contribution in [0.3, 0.4) is 0 Å². The van der Waals surface area contributed by atoms with Gasteiger partial charge in [0.15, 0.2) is 5.69 Å². The van der Waals surface area contributed by atoms with Gasteiger partial charge in [-0.2, -0.15) is 5.11 Å². The molecule has 0 aliphatic heterocycles. The molecule has 0 N–H and O–H groups in total. The first-order chi connectivity index (χ1) is 9.97. The van der Waals surface area contributed by atoms with Crippen molar-refractivity contribution in [3.05, 3.63) is 68.3 Å². The van der Waals surface area contributed by atoms with E-state index >= 15 is 0 Å². The lowest BCUT2D eigenvalue weighted by Crippen LogP contribution is -1.92. The molecule has 0 heterocycles. The molecule has 0 saturated carbocycles. The van der Waals surface area contributed by atoms with Crippen LogP contribution in [0.1, 0.15) is 5.56 Å². The van der Waals surface area contributed by atoms with Crippen LogP contribution in [0.5, 0.6) is 0 Å². The molecule has 0 amide bonds. The average Bonchev–Trinajstić information content (AvgIpc) is 2.46. The van der Waals surface area contributed by atoms with Gasteiger partial charge >= 0.3 is 5.69 Å². The number of azo groups is 1. The van der Waals surface area contributed by atoms with Crippen LogP contribution in [0.15, 0.2) is 52.7 Å². The molecule has 2 aromatic carbocycles. The molecule has 0 aliphatic rings. The van der Waals surface area contributed by atoms with Crippen molar-refractivity contribution in [3.8, 4) is 0 Å². The molecule has 0 aliphatic carbocycles. The van der Waals surface area contributed by atoms with Gasteiger partial charge in [0.1, 0.15) is 0 Å². The Bertz CT molecular complexity index is 725. The Kier molecular flexibility index (Phi) is 3.98. The highest BCUT2D eigenvalue weighted by Gasteiger charge is 2.19. The molecule has 8 heteroatoms. The van der Waals surface area contributed by atoms with Crippen LogP contribution in [0.25, 0.3) is 0 Å². The molecule has 8 nitrogen and oxygen atoms in total. The molecule has 0 atom stereocenters. The Morgan fingerprint density at radius 2 is 1.57 bits per heavy atom. The van der Waals surface area contributed by atoms with Gasteiger partial charge in [-0.15, -0.1) is 5.11 Å². The van der Waals surface area contributed by atoms with Crippen LogP contribution in [0, 0.1) is 27.2 Å². The van der Waals surface area contributed by atoms with Gasteiger partial charge in [0.05, 0.1) is 21.6 Å². The summed E-state index contributed by atoms with van der Waals surface area (Å²) < 4.78 is 0. The Morgan fingerprint density at radius 3 is 2.14 bits per heavy atom. The smallest absolute Gasteiger partial charge is 0.258 e. The third-order valence-corrected chi connectivity index (χ3v) is 2.67. The number of hydrogen-bond acceptors (Lipinski definition) is 6. The number of rotatable bonds is 4. The molecule has 2 aromatic rings. The van der Waals surface area contributed by atoms with Crippen molar-refractivity contribution >= 4 is 22.7 Å². The summed E-state index contributed by atoms with van der Waals surface area (Å²) in [6, 6.07) is 10.3. The molecule has 0 unspecified atom stereocenters. The van der Waals surface area contributed by atoms with E-state index in [4.69, 9.17) is 0 Å². The molecule has 0 fully saturated rings. The lowest BCUT2D eigenvalue weighted by Gasteiger charge is -1.97. The third-order valence-electron chi connectivity index (χ3n) is 2.67. The fourth-order valence-corrected chi connectivity index (χ4v) is 1.58. The highest BCUT2D eigenvalue weighted by Crippen LogP contribution is 2.32. The number of nitro groups is 2. The minimum Gasteiger partial charge on any atom is -0.258 e. The average molecular weight is 286 g/mol. The quantitative estimate of drug-likeness (QED) is 0.475. The second kappa shape index (κ2) is 5.87. The molecule has 106 valence electrons. The second-order valence-electron chi connectivity index (χ2n) is 4.22. The lowest BCUT2D eigenvalue weighted by atomic mass is 10.2. The molecule has 0 aromatic heterocycles. The van der Waals surface area contributed by atoms with E-state index in [1.54, 1.807) is 12.1 Å². The van der Waals surface area contributed by atoms with Gasteiger partial charge in [0, 0.05) is 6.07 Å². The van der Waals surface area contributed by atoms with E-state index in [-0.39, 0.29) is 11.4 Å². The first kappa shape index (κ1) is 14.3. The predicted molar refractivity (Wildman–Crippen MR) is 75.1 cm³/mol. The van der Waals surface area contributed by atoms with Crippen molar-refractivity contribution < 1.29 is 9.85 Å². The third kappa shape index (κ3) is 3.44. The first-order valence-electron chi connectivity index (χ1n) is 5.88. The number of aryl methyl sites for hydroxylation is 1. The fourth-order valence-electron chi connectivity index (χ4n) is 1.58. The molecule has 0 bridgehead atoms. The van der Waals surface area contributed by atoms with E-state index < -0.39 is 15.5 Å². The summed E-state index contributed by atoms with van der Waals surface area (Å²) in [6.45, 7) is 1.92. The van der Waals surface area contributed by atoms with Crippen LogP contribution in [0.2, 0.25) is 0 Å². The van der Waals surface area contributed by atoms with Crippen molar-refractivity contribution in [1.82, 2.24) is 0 Å². The van der Waals surface area contributed by atoms with Crippen LogP contribution >= 0.6 is 0 Å². The van der Waals surface area contributed by atoms with E-state index in [9.17, 15) is 20.2 Å². The van der Waals surface area contributed by atoms with Gasteiger partial charge in [-0.25, -0.2) is 0 Å². The zero-order chi connectivity index (χ0) is 15.4. The van der Waals surface area contributed by atoms with Gasteiger partial charge in [0.25, 0.3) is 5.69 Å². The SMILES string of the molecule is Cc1ccc(N=Nc2ccc([N+](=O)[O-])cc2[N+](=O)[O-])cc1. The number of non-ortho nitro benzene ring substituents is 1. The van der Waals surface area contributed by atoms with E-state index in [0.717, 1.165) is 17.7 Å². The maximum absolute atomic E-state index is 10.9. The fraction of sp³-hybridized carbons (Fsp3) is 0.0769. The molecule has 0 spiro atoms. The minimum atomic E-state index is -0.726. The Balaban J connectivity index is 2.37. The van der Waals surface area contributed by atoms with Crippen molar-refractivity contribution in [2.45, 2.75) is 6.92 Å². The van der Waals surface area contributed by atoms with E-state index in [1.165, 1.54) is 6.07 Å². The molecule has 0 radical (unpaired) electrons. The van der Waals surface area contributed by atoms with Gasteiger partial charge in [0.2, 0.25) is 0 Å². The van der Waals surface area contributed by atoms with Crippen molar-refractivity contribution in [3.63, 3.8) is 0 Å². The van der Waals surface area contributed by atoms with Crippen molar-refractivity contribution in [2.24, 2.45) is 10.2 Å². The first-order valence-corrected chi connectivity index (χ1v) is 5.88. The number of benzene rings is 2. The summed E-state index contributed by atoms with van der Waals surface area (Å²) in [7, 11) is 0. The summed E-state index contributed by atoms with van der Waals surface area (Å²) in [5, 5.41) is 29.2. The normalized spacial score (nSPS) is 10.7. The summed E-state index contributed by atoms with van der Waals surface area (Å²) in [5.41, 5.74) is 0.728. The van der Waals surface area contributed by atoms with Crippen molar-refractivity contribution in [2.75, 3.05) is 0 Å². The van der Waals surface area contributed by atoms with Crippen molar-refractivity contribution in [1.29, 1.82) is 0 Å². The topological polar surface area (TPSA) is 111 Å². The monoisotopic (exact) mass is 286 g/mol. The minimum absolute atomic E-state index is 0.0359. The Morgan fingerprint density at radius 1 is 0.905 bits per heavy atom. The molecule has 21 heavy (non-hydrogen) atoms. The largest absolute Gasteiger partial charge is 0.303 e. The summed E-state index contributed by atoms with van der Waals surface area (Å²) in [6.07, 6.45) is 0. The highest BCUT2D eigenvalue weighted by molar-refractivity contribution is 5.61. The second-order valence-corrected chi connectivity index (χ2v) is 4.22. The molecular formula is C13H10N4O4. The maximum atomic E-state index is 10.9. The van der Waals surface area contributed by atoms with E-state index in [2.05, 4.69) is 10.2 Å². The van der Waals surface area contributed by atoms with Gasteiger partial charge in [-0.3, -0.25) is 20.2 Å². The van der Waals surface area contributed by atoms with E-state index in [0.29, 0.717) is 5.69 Å². The summed E-state index contributed by atoms with van der Waals surface area (Å²) in [5.74, 6) is 0. The number of nitro benzene ring substituents is 2.